The molecule has 0 spiro atoms. The number of piperazine rings is 1. The Labute approximate surface area is 152 Å². The lowest BCUT2D eigenvalue weighted by molar-refractivity contribution is -0.159. The highest BCUT2D eigenvalue weighted by atomic mass is 16.5. The lowest BCUT2D eigenvalue weighted by atomic mass is 9.63. The number of ether oxygens (including phenoxy) is 1. The number of anilines is 1. The maximum Gasteiger partial charge on any atom is 0.267 e. The molecule has 2 N–H and O–H groups in total. The van der Waals surface area contributed by atoms with Crippen LogP contribution in [0.5, 0.6) is 0 Å². The fourth-order valence-corrected chi connectivity index (χ4v) is 4.35. The minimum Gasteiger partial charge on any atom is -0.377 e. The topological polar surface area (TPSA) is 102 Å². The van der Waals surface area contributed by atoms with Gasteiger partial charge >= 0.3 is 0 Å². The normalized spacial score (nSPS) is 25.0. The van der Waals surface area contributed by atoms with Crippen molar-refractivity contribution in [1.29, 1.82) is 0 Å². The van der Waals surface area contributed by atoms with Crippen molar-refractivity contribution < 1.29 is 14.3 Å². The predicted molar refractivity (Wildman–Crippen MR) is 94.6 cm³/mol. The van der Waals surface area contributed by atoms with Crippen LogP contribution in [0, 0.1) is 5.41 Å². The number of carbonyl (C=O) groups excluding carboxylic acids is 2. The van der Waals surface area contributed by atoms with Crippen LogP contribution in [0.2, 0.25) is 0 Å². The van der Waals surface area contributed by atoms with E-state index in [9.17, 15) is 9.59 Å². The van der Waals surface area contributed by atoms with Gasteiger partial charge in [-0.1, -0.05) is 6.42 Å². The Balaban J connectivity index is 1.41. The van der Waals surface area contributed by atoms with Gasteiger partial charge in [0.05, 0.1) is 11.5 Å². The molecule has 1 unspecified atom stereocenters. The third-order valence-corrected chi connectivity index (χ3v) is 6.01. The standard InChI is InChI=1S/C18H25N5O3/c19-16(24)13-11-15(21-12-20-13)22-6-8-23(9-7-22)17(25)18(4-2-5-18)14-3-1-10-26-14/h11-12,14H,1-10H2,(H2,19,24). The fraction of sp³-hybridized carbons (Fsp3) is 0.667. The molecule has 1 atom stereocenters. The van der Waals surface area contributed by atoms with Crippen LogP contribution in [0.4, 0.5) is 5.82 Å². The Morgan fingerprint density at radius 1 is 1.15 bits per heavy atom. The first-order chi connectivity index (χ1) is 12.6. The largest absolute Gasteiger partial charge is 0.377 e. The summed E-state index contributed by atoms with van der Waals surface area (Å²) in [5, 5.41) is 0. The van der Waals surface area contributed by atoms with Gasteiger partial charge in [-0.2, -0.15) is 0 Å². The number of hydrogen-bond acceptors (Lipinski definition) is 6. The van der Waals surface area contributed by atoms with Crippen molar-refractivity contribution in [3.05, 3.63) is 18.1 Å². The van der Waals surface area contributed by atoms with E-state index < -0.39 is 5.91 Å². The van der Waals surface area contributed by atoms with E-state index in [0.29, 0.717) is 32.0 Å². The van der Waals surface area contributed by atoms with Gasteiger partial charge in [0.2, 0.25) is 5.91 Å². The zero-order chi connectivity index (χ0) is 18.1. The van der Waals surface area contributed by atoms with E-state index in [1.807, 2.05) is 4.90 Å². The molecule has 1 aliphatic carbocycles. The summed E-state index contributed by atoms with van der Waals surface area (Å²) < 4.78 is 5.88. The van der Waals surface area contributed by atoms with Crippen molar-refractivity contribution in [2.75, 3.05) is 37.7 Å². The first kappa shape index (κ1) is 17.2. The van der Waals surface area contributed by atoms with Crippen LogP contribution >= 0.6 is 0 Å². The molecule has 0 bridgehead atoms. The summed E-state index contributed by atoms with van der Waals surface area (Å²) in [6.45, 7) is 3.46. The Hall–Kier alpha value is -2.22. The van der Waals surface area contributed by atoms with Crippen LogP contribution in [-0.4, -0.2) is 65.6 Å². The zero-order valence-electron chi connectivity index (χ0n) is 14.9. The van der Waals surface area contributed by atoms with E-state index in [2.05, 4.69) is 14.9 Å². The molecule has 1 saturated carbocycles. The molecule has 0 radical (unpaired) electrons. The Morgan fingerprint density at radius 3 is 2.50 bits per heavy atom. The van der Waals surface area contributed by atoms with Crippen molar-refractivity contribution in [2.24, 2.45) is 11.1 Å². The highest BCUT2D eigenvalue weighted by Crippen LogP contribution is 2.49. The first-order valence-corrected chi connectivity index (χ1v) is 9.38. The average Bonchev–Trinajstić information content (AvgIpc) is 3.16. The van der Waals surface area contributed by atoms with Gasteiger partial charge in [0.15, 0.2) is 0 Å². The van der Waals surface area contributed by atoms with Crippen LogP contribution in [0.3, 0.4) is 0 Å². The van der Waals surface area contributed by atoms with Crippen molar-refractivity contribution in [3.63, 3.8) is 0 Å². The lowest BCUT2D eigenvalue weighted by Gasteiger charge is -2.48. The van der Waals surface area contributed by atoms with Gasteiger partial charge in [0.25, 0.3) is 5.91 Å². The van der Waals surface area contributed by atoms with Gasteiger partial charge in [-0.3, -0.25) is 9.59 Å². The van der Waals surface area contributed by atoms with E-state index in [4.69, 9.17) is 10.5 Å². The highest BCUT2D eigenvalue weighted by molar-refractivity contribution is 5.91. The Bertz CT molecular complexity index is 692. The molecule has 26 heavy (non-hydrogen) atoms. The Morgan fingerprint density at radius 2 is 1.92 bits per heavy atom. The van der Waals surface area contributed by atoms with E-state index in [0.717, 1.165) is 38.7 Å². The molecular weight excluding hydrogens is 334 g/mol. The smallest absolute Gasteiger partial charge is 0.267 e. The molecule has 140 valence electrons. The van der Waals surface area contributed by atoms with Gasteiger partial charge in [-0.15, -0.1) is 0 Å². The summed E-state index contributed by atoms with van der Waals surface area (Å²) in [5.74, 6) is 0.375. The third-order valence-electron chi connectivity index (χ3n) is 6.01. The summed E-state index contributed by atoms with van der Waals surface area (Å²) in [6.07, 6.45) is 6.53. The van der Waals surface area contributed by atoms with Crippen LogP contribution in [0.25, 0.3) is 0 Å². The van der Waals surface area contributed by atoms with Crippen molar-refractivity contribution in [1.82, 2.24) is 14.9 Å². The SMILES string of the molecule is NC(=O)c1cc(N2CCN(C(=O)C3(C4CCCO4)CCC3)CC2)ncn1. The number of amides is 2. The summed E-state index contributed by atoms with van der Waals surface area (Å²) >= 11 is 0. The third kappa shape index (κ3) is 2.92. The van der Waals surface area contributed by atoms with E-state index in [-0.39, 0.29) is 23.1 Å². The number of primary amides is 1. The summed E-state index contributed by atoms with van der Waals surface area (Å²) in [7, 11) is 0. The van der Waals surface area contributed by atoms with Crippen molar-refractivity contribution in [3.8, 4) is 0 Å². The van der Waals surface area contributed by atoms with Gasteiger partial charge < -0.3 is 20.3 Å². The number of nitrogens with zero attached hydrogens (tertiary/aromatic N) is 4. The molecule has 8 heteroatoms. The number of hydrogen-bond donors (Lipinski definition) is 1. The van der Waals surface area contributed by atoms with Gasteiger partial charge in [0.1, 0.15) is 17.8 Å². The fourth-order valence-electron chi connectivity index (χ4n) is 4.35. The van der Waals surface area contributed by atoms with Crippen molar-refractivity contribution >= 4 is 17.6 Å². The molecule has 3 heterocycles. The molecule has 2 saturated heterocycles. The second-order valence-corrected chi connectivity index (χ2v) is 7.42. The molecule has 3 aliphatic rings. The quantitative estimate of drug-likeness (QED) is 0.843. The van der Waals surface area contributed by atoms with Crippen LogP contribution in [0.15, 0.2) is 12.4 Å². The van der Waals surface area contributed by atoms with E-state index >= 15 is 0 Å². The van der Waals surface area contributed by atoms with Crippen LogP contribution < -0.4 is 10.6 Å². The van der Waals surface area contributed by atoms with Crippen LogP contribution in [-0.2, 0) is 9.53 Å². The van der Waals surface area contributed by atoms with Gasteiger partial charge in [-0.25, -0.2) is 9.97 Å². The molecule has 1 aromatic heterocycles. The Kier molecular flexibility index (Phi) is 4.52. The van der Waals surface area contributed by atoms with Gasteiger partial charge in [-0.05, 0) is 25.7 Å². The monoisotopic (exact) mass is 359 g/mol. The molecule has 4 rings (SSSR count). The molecule has 3 fully saturated rings. The minimum atomic E-state index is -0.564. The first-order valence-electron chi connectivity index (χ1n) is 9.38. The average molecular weight is 359 g/mol. The predicted octanol–water partition coefficient (Wildman–Crippen LogP) is 0.573. The van der Waals surface area contributed by atoms with Gasteiger partial charge in [0, 0.05) is 38.9 Å². The maximum atomic E-state index is 13.2. The highest BCUT2D eigenvalue weighted by Gasteiger charge is 2.53. The molecular formula is C18H25N5O3. The maximum absolute atomic E-state index is 13.2. The van der Waals surface area contributed by atoms with Crippen LogP contribution in [0.1, 0.15) is 42.6 Å². The number of nitrogens with two attached hydrogens (primary N) is 1. The second kappa shape index (κ2) is 6.83. The molecule has 8 nitrogen and oxygen atoms in total. The summed E-state index contributed by atoms with van der Waals surface area (Å²) in [5.41, 5.74) is 5.21. The minimum absolute atomic E-state index is 0.0989. The molecule has 2 aliphatic heterocycles. The number of aromatic nitrogens is 2. The number of carbonyl (C=O) groups is 2. The van der Waals surface area contributed by atoms with E-state index in [1.165, 1.54) is 6.33 Å². The molecule has 1 aromatic rings. The number of rotatable bonds is 4. The second-order valence-electron chi connectivity index (χ2n) is 7.42. The molecule has 2 amide bonds. The summed E-state index contributed by atoms with van der Waals surface area (Å²) in [6, 6.07) is 1.61. The summed E-state index contributed by atoms with van der Waals surface area (Å²) in [4.78, 5) is 36.7. The molecule has 0 aromatic carbocycles. The lowest BCUT2D eigenvalue weighted by Crippen LogP contribution is -2.58. The zero-order valence-corrected chi connectivity index (χ0v) is 14.9. The van der Waals surface area contributed by atoms with E-state index in [1.54, 1.807) is 6.07 Å². The van der Waals surface area contributed by atoms with Crippen molar-refractivity contribution in [2.45, 2.75) is 38.2 Å².